The molecule has 10 rings (SSSR count). The fraction of sp³-hybridized carbons (Fsp3) is 0.0189. The van der Waals surface area contributed by atoms with Crippen LogP contribution in [-0.4, -0.2) is 9.97 Å². The summed E-state index contributed by atoms with van der Waals surface area (Å²) < 4.78 is 0. The molecule has 0 fully saturated rings. The third-order valence-corrected chi connectivity index (χ3v) is 11.0. The molecule has 258 valence electrons. The van der Waals surface area contributed by atoms with Crippen molar-refractivity contribution in [2.75, 3.05) is 0 Å². The van der Waals surface area contributed by atoms with E-state index in [4.69, 9.17) is 9.97 Å². The molecule has 0 atom stereocenters. The van der Waals surface area contributed by atoms with Gasteiger partial charge in [-0.25, -0.2) is 9.97 Å². The molecule has 0 aliphatic heterocycles. The maximum Gasteiger partial charge on any atom is 0.160 e. The molecule has 0 saturated carbocycles. The van der Waals surface area contributed by atoms with Gasteiger partial charge >= 0.3 is 0 Å². The molecule has 0 bridgehead atoms. The molecule has 0 amide bonds. The van der Waals surface area contributed by atoms with Crippen LogP contribution in [0.3, 0.4) is 0 Å². The molecule has 55 heavy (non-hydrogen) atoms. The van der Waals surface area contributed by atoms with Crippen molar-refractivity contribution < 1.29 is 0 Å². The standard InChI is InChI=1S/C53H36N2/c1-5-18-37(19-6-1)39-22-15-24-41(34-39)49-36-50(55-52(54-49)38-20-7-2-8-21-38)42-25-16-23-40(35-42)45-31-17-33-48-51(45)46-30-13-14-32-47(46)53(48,43-26-9-3-10-27-43)44-28-11-4-12-29-44/h1-36H. The Balaban J connectivity index is 1.15. The first-order valence-corrected chi connectivity index (χ1v) is 18.8. The fourth-order valence-electron chi connectivity index (χ4n) is 8.53. The number of aromatic nitrogens is 2. The van der Waals surface area contributed by atoms with E-state index in [1.54, 1.807) is 0 Å². The highest BCUT2D eigenvalue weighted by molar-refractivity contribution is 5.96. The van der Waals surface area contributed by atoms with E-state index in [1.807, 2.05) is 18.2 Å². The lowest BCUT2D eigenvalue weighted by atomic mass is 9.67. The van der Waals surface area contributed by atoms with Gasteiger partial charge in [-0.2, -0.15) is 0 Å². The molecule has 1 aliphatic rings. The van der Waals surface area contributed by atoms with Crippen LogP contribution in [0.15, 0.2) is 218 Å². The van der Waals surface area contributed by atoms with Crippen molar-refractivity contribution in [3.63, 3.8) is 0 Å². The highest BCUT2D eigenvalue weighted by Crippen LogP contribution is 2.58. The maximum absolute atomic E-state index is 5.21. The monoisotopic (exact) mass is 700 g/mol. The Morgan fingerprint density at radius 3 is 1.36 bits per heavy atom. The van der Waals surface area contributed by atoms with Gasteiger partial charge in [-0.1, -0.05) is 200 Å². The summed E-state index contributed by atoms with van der Waals surface area (Å²) >= 11 is 0. The molecule has 1 aromatic heterocycles. The number of rotatable bonds is 7. The summed E-state index contributed by atoms with van der Waals surface area (Å²) in [7, 11) is 0. The van der Waals surface area contributed by atoms with E-state index < -0.39 is 5.41 Å². The Morgan fingerprint density at radius 1 is 0.291 bits per heavy atom. The average Bonchev–Trinajstić information content (AvgIpc) is 3.59. The van der Waals surface area contributed by atoms with Crippen molar-refractivity contribution in [2.24, 2.45) is 0 Å². The summed E-state index contributed by atoms with van der Waals surface area (Å²) in [4.78, 5) is 10.4. The molecule has 9 aromatic rings. The first-order valence-electron chi connectivity index (χ1n) is 18.8. The number of fused-ring (bicyclic) bond motifs is 3. The normalized spacial score (nSPS) is 12.5. The molecule has 1 heterocycles. The molecule has 0 radical (unpaired) electrons. The van der Waals surface area contributed by atoms with Crippen LogP contribution >= 0.6 is 0 Å². The quantitative estimate of drug-likeness (QED) is 0.165. The van der Waals surface area contributed by atoms with Gasteiger partial charge in [0.05, 0.1) is 16.8 Å². The minimum atomic E-state index is -0.456. The van der Waals surface area contributed by atoms with Gasteiger partial charge in [0.1, 0.15) is 0 Å². The number of nitrogens with zero attached hydrogens (tertiary/aromatic N) is 2. The van der Waals surface area contributed by atoms with Crippen LogP contribution in [0.2, 0.25) is 0 Å². The van der Waals surface area contributed by atoms with Gasteiger partial charge in [0.25, 0.3) is 0 Å². The van der Waals surface area contributed by atoms with Crippen molar-refractivity contribution in [1.29, 1.82) is 0 Å². The second-order valence-corrected chi connectivity index (χ2v) is 14.1. The van der Waals surface area contributed by atoms with E-state index in [9.17, 15) is 0 Å². The van der Waals surface area contributed by atoms with Gasteiger partial charge < -0.3 is 0 Å². The lowest BCUT2D eigenvalue weighted by Crippen LogP contribution is -2.28. The Bertz CT molecular complexity index is 2750. The lowest BCUT2D eigenvalue weighted by Gasteiger charge is -2.34. The third kappa shape index (κ3) is 5.59. The summed E-state index contributed by atoms with van der Waals surface area (Å²) in [5.74, 6) is 0.702. The molecular formula is C53H36N2. The third-order valence-electron chi connectivity index (χ3n) is 11.0. The zero-order valence-corrected chi connectivity index (χ0v) is 30.2. The maximum atomic E-state index is 5.21. The molecule has 0 unspecified atom stereocenters. The van der Waals surface area contributed by atoms with E-state index >= 15 is 0 Å². The zero-order valence-electron chi connectivity index (χ0n) is 30.2. The van der Waals surface area contributed by atoms with E-state index in [2.05, 4.69) is 200 Å². The predicted octanol–water partition coefficient (Wildman–Crippen LogP) is 13.2. The van der Waals surface area contributed by atoms with Crippen LogP contribution in [0.5, 0.6) is 0 Å². The Morgan fingerprint density at radius 2 is 0.727 bits per heavy atom. The second kappa shape index (κ2) is 13.7. The van der Waals surface area contributed by atoms with Crippen LogP contribution < -0.4 is 0 Å². The first kappa shape index (κ1) is 32.5. The molecule has 1 aliphatic carbocycles. The molecule has 8 aromatic carbocycles. The molecule has 0 spiro atoms. The molecule has 0 saturated heterocycles. The van der Waals surface area contributed by atoms with Gasteiger partial charge in [0, 0.05) is 16.7 Å². The van der Waals surface area contributed by atoms with Gasteiger partial charge in [-0.15, -0.1) is 0 Å². The van der Waals surface area contributed by atoms with E-state index in [1.165, 1.54) is 44.5 Å². The smallest absolute Gasteiger partial charge is 0.160 e. The van der Waals surface area contributed by atoms with Crippen molar-refractivity contribution in [2.45, 2.75) is 5.41 Å². The number of hydrogen-bond donors (Lipinski definition) is 0. The molecule has 2 heteroatoms. The summed E-state index contributed by atoms with van der Waals surface area (Å²) in [6.45, 7) is 0. The van der Waals surface area contributed by atoms with E-state index in [0.29, 0.717) is 5.82 Å². The predicted molar refractivity (Wildman–Crippen MR) is 227 cm³/mol. The van der Waals surface area contributed by atoms with Gasteiger partial charge in [0.15, 0.2) is 5.82 Å². The van der Waals surface area contributed by atoms with Gasteiger partial charge in [0.2, 0.25) is 0 Å². The molecule has 2 nitrogen and oxygen atoms in total. The van der Waals surface area contributed by atoms with Gasteiger partial charge in [-0.3, -0.25) is 0 Å². The Kier molecular flexibility index (Phi) is 8.08. The summed E-state index contributed by atoms with van der Waals surface area (Å²) in [6.07, 6.45) is 0. The molecule has 0 N–H and O–H groups in total. The van der Waals surface area contributed by atoms with Gasteiger partial charge in [-0.05, 0) is 73.8 Å². The summed E-state index contributed by atoms with van der Waals surface area (Å²) in [5.41, 5.74) is 16.7. The topological polar surface area (TPSA) is 25.8 Å². The SMILES string of the molecule is c1ccc(-c2cccc(-c3cc(-c4cccc(-c5cccc6c5-c5ccccc5C6(c5ccccc5)c5ccccc5)c4)nc(-c4ccccc4)n3)c2)cc1. The van der Waals surface area contributed by atoms with Crippen molar-refractivity contribution in [3.8, 4) is 67.3 Å². The zero-order chi connectivity index (χ0) is 36.6. The Labute approximate surface area is 322 Å². The van der Waals surface area contributed by atoms with Crippen molar-refractivity contribution in [1.82, 2.24) is 9.97 Å². The van der Waals surface area contributed by atoms with Crippen LogP contribution in [-0.2, 0) is 5.41 Å². The van der Waals surface area contributed by atoms with Crippen molar-refractivity contribution >= 4 is 0 Å². The van der Waals surface area contributed by atoms with Crippen LogP contribution in [0, 0.1) is 0 Å². The van der Waals surface area contributed by atoms with Crippen molar-refractivity contribution in [3.05, 3.63) is 241 Å². The second-order valence-electron chi connectivity index (χ2n) is 14.1. The lowest BCUT2D eigenvalue weighted by molar-refractivity contribution is 0.768. The average molecular weight is 701 g/mol. The van der Waals surface area contributed by atoms with Crippen LogP contribution in [0.1, 0.15) is 22.3 Å². The fourth-order valence-corrected chi connectivity index (χ4v) is 8.53. The molecular weight excluding hydrogens is 665 g/mol. The van der Waals surface area contributed by atoms with E-state index in [-0.39, 0.29) is 0 Å². The highest BCUT2D eigenvalue weighted by atomic mass is 14.9. The minimum Gasteiger partial charge on any atom is -0.228 e. The van der Waals surface area contributed by atoms with Crippen LogP contribution in [0.4, 0.5) is 0 Å². The Hall–Kier alpha value is -7.16. The number of hydrogen-bond acceptors (Lipinski definition) is 2. The minimum absolute atomic E-state index is 0.456. The van der Waals surface area contributed by atoms with Crippen LogP contribution in [0.25, 0.3) is 67.3 Å². The summed E-state index contributed by atoms with van der Waals surface area (Å²) in [6, 6.07) is 78.1. The first-order chi connectivity index (χ1) is 27.3. The van der Waals surface area contributed by atoms with E-state index in [0.717, 1.165) is 39.2 Å². The largest absolute Gasteiger partial charge is 0.228 e. The number of benzene rings is 8. The summed E-state index contributed by atoms with van der Waals surface area (Å²) in [5, 5.41) is 0. The highest BCUT2D eigenvalue weighted by Gasteiger charge is 2.46.